The van der Waals surface area contributed by atoms with E-state index in [9.17, 15) is 4.79 Å². The van der Waals surface area contributed by atoms with Crippen LogP contribution in [-0.4, -0.2) is 19.2 Å². The van der Waals surface area contributed by atoms with Gasteiger partial charge in [-0.05, 0) is 25.1 Å². The second-order valence-corrected chi connectivity index (χ2v) is 2.33. The molecule has 0 bridgehead atoms. The first kappa shape index (κ1) is 9.58. The monoisotopic (exact) mass is 179 g/mol. The number of carbonyl (C=O) groups is 1. The Morgan fingerprint density at radius 1 is 1.62 bits per heavy atom. The van der Waals surface area contributed by atoms with Gasteiger partial charge in [0.15, 0.2) is 6.61 Å². The summed E-state index contributed by atoms with van der Waals surface area (Å²) in [6.07, 6.45) is 0. The number of hydrogen-bond acceptors (Lipinski definition) is 3. The first-order valence-electron chi connectivity index (χ1n) is 4.07. The predicted molar refractivity (Wildman–Crippen MR) is 47.4 cm³/mol. The van der Waals surface area contributed by atoms with Crippen molar-refractivity contribution in [2.75, 3.05) is 13.2 Å². The summed E-state index contributed by atoms with van der Waals surface area (Å²) in [5, 5.41) is 0. The van der Waals surface area contributed by atoms with Crippen molar-refractivity contribution in [3.63, 3.8) is 0 Å². The van der Waals surface area contributed by atoms with Crippen LogP contribution in [0.15, 0.2) is 24.3 Å². The van der Waals surface area contributed by atoms with Gasteiger partial charge in [0.2, 0.25) is 0 Å². The molecule has 1 aromatic carbocycles. The summed E-state index contributed by atoms with van der Waals surface area (Å²) in [4.78, 5) is 10.9. The van der Waals surface area contributed by atoms with Gasteiger partial charge in [-0.15, -0.1) is 0 Å². The van der Waals surface area contributed by atoms with Gasteiger partial charge in [0.05, 0.1) is 6.61 Å². The Hall–Kier alpha value is -1.51. The van der Waals surface area contributed by atoms with Crippen molar-refractivity contribution in [3.05, 3.63) is 30.3 Å². The van der Waals surface area contributed by atoms with Crippen LogP contribution in [0, 0.1) is 6.07 Å². The van der Waals surface area contributed by atoms with Crippen molar-refractivity contribution in [1.82, 2.24) is 0 Å². The lowest BCUT2D eigenvalue weighted by Gasteiger charge is -2.04. The van der Waals surface area contributed by atoms with Crippen LogP contribution in [-0.2, 0) is 9.53 Å². The number of esters is 1. The van der Waals surface area contributed by atoms with Crippen molar-refractivity contribution in [2.45, 2.75) is 6.92 Å². The van der Waals surface area contributed by atoms with E-state index in [1.807, 2.05) is 0 Å². The number of rotatable bonds is 4. The molecule has 0 atom stereocenters. The zero-order chi connectivity index (χ0) is 9.52. The topological polar surface area (TPSA) is 35.5 Å². The SMILES string of the molecule is CCOC(=O)COc1c[c]ccc1. The molecule has 0 spiro atoms. The number of hydrogen-bond donors (Lipinski definition) is 0. The summed E-state index contributed by atoms with van der Waals surface area (Å²) >= 11 is 0. The zero-order valence-electron chi connectivity index (χ0n) is 7.45. The molecule has 1 rings (SSSR count). The molecule has 0 heterocycles. The molecule has 0 fully saturated rings. The Bertz CT molecular complexity index is 256. The van der Waals surface area contributed by atoms with Crippen LogP contribution >= 0.6 is 0 Å². The van der Waals surface area contributed by atoms with E-state index in [4.69, 9.17) is 4.74 Å². The number of carbonyl (C=O) groups excluding carboxylic acids is 1. The van der Waals surface area contributed by atoms with Crippen LogP contribution in [0.25, 0.3) is 0 Å². The molecule has 0 aliphatic rings. The van der Waals surface area contributed by atoms with E-state index >= 15 is 0 Å². The maximum Gasteiger partial charge on any atom is 0.344 e. The molecule has 3 nitrogen and oxygen atoms in total. The lowest BCUT2D eigenvalue weighted by molar-refractivity contribution is -0.145. The van der Waals surface area contributed by atoms with Gasteiger partial charge < -0.3 is 9.47 Å². The van der Waals surface area contributed by atoms with Crippen LogP contribution in [0.2, 0.25) is 0 Å². The summed E-state index contributed by atoms with van der Waals surface area (Å²) in [5.41, 5.74) is 0. The van der Waals surface area contributed by atoms with Crippen LogP contribution < -0.4 is 4.74 Å². The van der Waals surface area contributed by atoms with E-state index in [0.717, 1.165) is 0 Å². The molecule has 0 saturated heterocycles. The smallest absolute Gasteiger partial charge is 0.344 e. The third-order valence-electron chi connectivity index (χ3n) is 1.34. The molecule has 0 aliphatic carbocycles. The molecule has 1 radical (unpaired) electrons. The second kappa shape index (κ2) is 5.19. The Morgan fingerprint density at radius 2 is 2.46 bits per heavy atom. The molecule has 0 aliphatic heterocycles. The molecular formula is C10H11O3. The van der Waals surface area contributed by atoms with Gasteiger partial charge in [-0.2, -0.15) is 0 Å². The van der Waals surface area contributed by atoms with Gasteiger partial charge in [0.25, 0.3) is 0 Å². The van der Waals surface area contributed by atoms with E-state index in [-0.39, 0.29) is 12.6 Å². The normalized spacial score (nSPS) is 9.31. The Labute approximate surface area is 77.3 Å². The molecular weight excluding hydrogens is 168 g/mol. The lowest BCUT2D eigenvalue weighted by Crippen LogP contribution is -2.14. The summed E-state index contributed by atoms with van der Waals surface area (Å²) in [5.74, 6) is 0.266. The fourth-order valence-electron chi connectivity index (χ4n) is 0.812. The minimum Gasteiger partial charge on any atom is -0.482 e. The molecule has 69 valence electrons. The second-order valence-electron chi connectivity index (χ2n) is 2.33. The average Bonchev–Trinajstić information content (AvgIpc) is 2.17. The minimum absolute atomic E-state index is 0.0499. The third-order valence-corrected chi connectivity index (χ3v) is 1.34. The van der Waals surface area contributed by atoms with E-state index < -0.39 is 0 Å². The largest absolute Gasteiger partial charge is 0.482 e. The van der Waals surface area contributed by atoms with Gasteiger partial charge >= 0.3 is 5.97 Å². The molecule has 0 aromatic heterocycles. The van der Waals surface area contributed by atoms with Crippen molar-refractivity contribution >= 4 is 5.97 Å². The van der Waals surface area contributed by atoms with Crippen LogP contribution in [0.5, 0.6) is 5.75 Å². The minimum atomic E-state index is -0.355. The summed E-state index contributed by atoms with van der Waals surface area (Å²) in [6.45, 7) is 2.09. The predicted octanol–water partition coefficient (Wildman–Crippen LogP) is 1.43. The Balaban J connectivity index is 2.31. The number of ether oxygens (including phenoxy) is 2. The molecule has 0 saturated carbocycles. The van der Waals surface area contributed by atoms with E-state index in [1.54, 1.807) is 31.2 Å². The summed E-state index contributed by atoms with van der Waals surface area (Å²) in [7, 11) is 0. The van der Waals surface area contributed by atoms with Gasteiger partial charge in [-0.25, -0.2) is 4.79 Å². The first-order chi connectivity index (χ1) is 6.33. The highest BCUT2D eigenvalue weighted by Crippen LogP contribution is 2.07. The van der Waals surface area contributed by atoms with E-state index in [1.165, 1.54) is 0 Å². The highest BCUT2D eigenvalue weighted by Gasteiger charge is 2.01. The summed E-state index contributed by atoms with van der Waals surface area (Å²) < 4.78 is 9.80. The quantitative estimate of drug-likeness (QED) is 0.656. The molecule has 13 heavy (non-hydrogen) atoms. The zero-order valence-corrected chi connectivity index (χ0v) is 7.45. The van der Waals surface area contributed by atoms with Crippen LogP contribution in [0.1, 0.15) is 6.92 Å². The fourth-order valence-corrected chi connectivity index (χ4v) is 0.812. The highest BCUT2D eigenvalue weighted by atomic mass is 16.6. The van der Waals surface area contributed by atoms with Crippen molar-refractivity contribution in [2.24, 2.45) is 0 Å². The van der Waals surface area contributed by atoms with Gasteiger partial charge in [0, 0.05) is 0 Å². The third kappa shape index (κ3) is 3.60. The van der Waals surface area contributed by atoms with Gasteiger partial charge in [-0.1, -0.05) is 12.1 Å². The molecule has 0 N–H and O–H groups in total. The maximum absolute atomic E-state index is 10.9. The van der Waals surface area contributed by atoms with Crippen molar-refractivity contribution in [1.29, 1.82) is 0 Å². The highest BCUT2D eigenvalue weighted by molar-refractivity contribution is 5.71. The first-order valence-corrected chi connectivity index (χ1v) is 4.07. The maximum atomic E-state index is 10.9. The average molecular weight is 179 g/mol. The fraction of sp³-hybridized carbons (Fsp3) is 0.300. The molecule has 0 unspecified atom stereocenters. The lowest BCUT2D eigenvalue weighted by atomic mass is 10.3. The Kier molecular flexibility index (Phi) is 3.82. The summed E-state index contributed by atoms with van der Waals surface area (Å²) in [6, 6.07) is 9.82. The van der Waals surface area contributed by atoms with Crippen molar-refractivity contribution < 1.29 is 14.3 Å². The van der Waals surface area contributed by atoms with Crippen LogP contribution in [0.3, 0.4) is 0 Å². The molecule has 0 amide bonds. The van der Waals surface area contributed by atoms with Gasteiger partial charge in [-0.3, -0.25) is 0 Å². The number of benzene rings is 1. The Morgan fingerprint density at radius 3 is 3.08 bits per heavy atom. The molecule has 1 aromatic rings. The van der Waals surface area contributed by atoms with E-state index in [0.29, 0.717) is 12.4 Å². The standard InChI is InChI=1S/C10H11O3/c1-2-12-10(11)8-13-9-6-4-3-5-7-9/h3-4,6-7H,2,8H2,1H3. The van der Waals surface area contributed by atoms with E-state index in [2.05, 4.69) is 10.8 Å². The van der Waals surface area contributed by atoms with Crippen molar-refractivity contribution in [3.8, 4) is 5.75 Å². The molecule has 3 heteroatoms. The van der Waals surface area contributed by atoms with Crippen LogP contribution in [0.4, 0.5) is 0 Å². The van der Waals surface area contributed by atoms with Gasteiger partial charge in [0.1, 0.15) is 5.75 Å².